The van der Waals surface area contributed by atoms with Crippen molar-refractivity contribution in [2.75, 3.05) is 0 Å². The first-order valence-corrected chi connectivity index (χ1v) is 8.38. The van der Waals surface area contributed by atoms with E-state index in [1.807, 2.05) is 29.0 Å². The van der Waals surface area contributed by atoms with E-state index in [1.54, 1.807) is 0 Å². The summed E-state index contributed by atoms with van der Waals surface area (Å²) in [6, 6.07) is 10.4. The van der Waals surface area contributed by atoms with Crippen molar-refractivity contribution in [1.82, 2.24) is 15.0 Å². The first-order chi connectivity index (χ1) is 11.2. The van der Waals surface area contributed by atoms with Gasteiger partial charge in [0.15, 0.2) is 5.78 Å². The van der Waals surface area contributed by atoms with Gasteiger partial charge in [0.1, 0.15) is 5.69 Å². The number of allylic oxidation sites excluding steroid dienone is 2. The number of nitrogens with zero attached hydrogens (tertiary/aromatic N) is 3. The van der Waals surface area contributed by atoms with Crippen molar-refractivity contribution in [1.29, 1.82) is 0 Å². The summed E-state index contributed by atoms with van der Waals surface area (Å²) in [4.78, 5) is 11.8. The van der Waals surface area contributed by atoms with Gasteiger partial charge in [-0.2, -0.15) is 0 Å². The molecule has 0 amide bonds. The van der Waals surface area contributed by atoms with Crippen LogP contribution in [0, 0.1) is 5.41 Å². The summed E-state index contributed by atoms with van der Waals surface area (Å²) in [5.74, 6) is 0.279. The molecule has 118 valence electrons. The topological polar surface area (TPSA) is 47.8 Å². The maximum atomic E-state index is 11.8. The molecule has 0 saturated heterocycles. The summed E-state index contributed by atoms with van der Waals surface area (Å²) in [6.45, 7) is 2.29. The Morgan fingerprint density at radius 3 is 2.87 bits per heavy atom. The van der Waals surface area contributed by atoms with Crippen molar-refractivity contribution in [3.05, 3.63) is 48.2 Å². The van der Waals surface area contributed by atoms with Gasteiger partial charge >= 0.3 is 0 Å². The van der Waals surface area contributed by atoms with Crippen LogP contribution >= 0.6 is 0 Å². The molecule has 2 unspecified atom stereocenters. The van der Waals surface area contributed by atoms with Crippen LogP contribution in [-0.2, 0) is 4.79 Å². The number of hydrogen-bond donors (Lipinski definition) is 0. The normalized spacial score (nSPS) is 27.4. The highest BCUT2D eigenvalue weighted by Gasteiger charge is 2.44. The first kappa shape index (κ1) is 14.4. The van der Waals surface area contributed by atoms with Gasteiger partial charge in [0.05, 0.1) is 12.2 Å². The molecule has 1 aromatic heterocycles. The van der Waals surface area contributed by atoms with E-state index in [9.17, 15) is 4.79 Å². The smallest absolute Gasteiger partial charge is 0.155 e. The molecule has 4 nitrogen and oxygen atoms in total. The zero-order valence-corrected chi connectivity index (χ0v) is 13.4. The van der Waals surface area contributed by atoms with Crippen molar-refractivity contribution < 1.29 is 4.79 Å². The average Bonchev–Trinajstić information content (AvgIpc) is 3.05. The number of aromatic nitrogens is 3. The number of ketones is 1. The van der Waals surface area contributed by atoms with Crippen molar-refractivity contribution in [3.8, 4) is 11.3 Å². The summed E-state index contributed by atoms with van der Waals surface area (Å²) in [5.41, 5.74) is 3.35. The number of carbonyl (C=O) groups is 1. The molecule has 1 aromatic carbocycles. The average molecular weight is 307 g/mol. The zero-order valence-electron chi connectivity index (χ0n) is 13.4. The van der Waals surface area contributed by atoms with Gasteiger partial charge in [-0.25, -0.2) is 4.68 Å². The van der Waals surface area contributed by atoms with Crippen molar-refractivity contribution in [2.24, 2.45) is 5.41 Å². The molecule has 1 heterocycles. The van der Waals surface area contributed by atoms with E-state index < -0.39 is 0 Å². The number of fused-ring (bicyclic) bond motifs is 1. The third kappa shape index (κ3) is 2.42. The Bertz CT molecular complexity index is 762. The van der Waals surface area contributed by atoms with E-state index in [2.05, 4.69) is 35.6 Å². The summed E-state index contributed by atoms with van der Waals surface area (Å²) in [7, 11) is 0. The predicted molar refractivity (Wildman–Crippen MR) is 88.8 cm³/mol. The standard InChI is InChI=1S/C19H21N3O/c1-19-11-10-16(23)12-15(19)8-5-9-18(19)22-13-17(20-21-22)14-6-3-2-4-7-14/h2-4,6-7,12-13,18H,5,8-11H2,1H3. The summed E-state index contributed by atoms with van der Waals surface area (Å²) >= 11 is 0. The largest absolute Gasteiger partial charge is 0.295 e. The first-order valence-electron chi connectivity index (χ1n) is 8.38. The van der Waals surface area contributed by atoms with Gasteiger partial charge in [-0.3, -0.25) is 4.79 Å². The fraction of sp³-hybridized carbons (Fsp3) is 0.421. The lowest BCUT2D eigenvalue weighted by Gasteiger charge is -2.45. The minimum absolute atomic E-state index is 0.0355. The number of rotatable bonds is 2. The summed E-state index contributed by atoms with van der Waals surface area (Å²) < 4.78 is 2.03. The zero-order chi connectivity index (χ0) is 15.9. The lowest BCUT2D eigenvalue weighted by molar-refractivity contribution is -0.116. The SMILES string of the molecule is CC12CCC(=O)C=C1CCCC2n1cc(-c2ccccc2)nn1. The Labute approximate surface area is 136 Å². The molecule has 0 spiro atoms. The van der Waals surface area contributed by atoms with Gasteiger partial charge in [-0.1, -0.05) is 48.0 Å². The molecule has 2 aliphatic carbocycles. The lowest BCUT2D eigenvalue weighted by atomic mass is 9.63. The van der Waals surface area contributed by atoms with Crippen LogP contribution in [0.5, 0.6) is 0 Å². The summed E-state index contributed by atoms with van der Waals surface area (Å²) in [5, 5.41) is 8.80. The van der Waals surface area contributed by atoms with Crippen molar-refractivity contribution >= 4 is 5.78 Å². The second-order valence-electron chi connectivity index (χ2n) is 6.91. The molecular formula is C19H21N3O. The molecule has 23 heavy (non-hydrogen) atoms. The number of carbonyl (C=O) groups excluding carboxylic acids is 1. The molecule has 0 bridgehead atoms. The quantitative estimate of drug-likeness (QED) is 0.843. The maximum absolute atomic E-state index is 11.8. The molecule has 2 atom stereocenters. The summed E-state index contributed by atoms with van der Waals surface area (Å²) in [6.07, 6.45) is 8.77. The van der Waals surface area contributed by atoms with Crippen LogP contribution in [0.2, 0.25) is 0 Å². The van der Waals surface area contributed by atoms with Crippen LogP contribution in [-0.4, -0.2) is 20.8 Å². The fourth-order valence-electron chi connectivity index (χ4n) is 4.11. The van der Waals surface area contributed by atoms with Gasteiger partial charge < -0.3 is 0 Å². The molecule has 1 saturated carbocycles. The fourth-order valence-corrected chi connectivity index (χ4v) is 4.11. The second-order valence-corrected chi connectivity index (χ2v) is 6.91. The van der Waals surface area contributed by atoms with Gasteiger partial charge in [-0.15, -0.1) is 5.10 Å². The third-order valence-electron chi connectivity index (χ3n) is 5.52. The second kappa shape index (κ2) is 5.44. The highest BCUT2D eigenvalue weighted by molar-refractivity contribution is 5.91. The Morgan fingerprint density at radius 1 is 1.22 bits per heavy atom. The van der Waals surface area contributed by atoms with Crippen molar-refractivity contribution in [2.45, 2.75) is 45.1 Å². The van der Waals surface area contributed by atoms with Gasteiger partial charge in [0.2, 0.25) is 0 Å². The van der Waals surface area contributed by atoms with E-state index in [-0.39, 0.29) is 11.2 Å². The molecule has 4 heteroatoms. The van der Waals surface area contributed by atoms with E-state index in [1.165, 1.54) is 5.57 Å². The molecule has 0 N–H and O–H groups in total. The van der Waals surface area contributed by atoms with Crippen LogP contribution in [0.15, 0.2) is 48.2 Å². The van der Waals surface area contributed by atoms with Crippen LogP contribution in [0.1, 0.15) is 45.1 Å². The Morgan fingerprint density at radius 2 is 2.04 bits per heavy atom. The Hall–Kier alpha value is -2.23. The lowest BCUT2D eigenvalue weighted by Crippen LogP contribution is -2.38. The molecule has 0 radical (unpaired) electrons. The van der Waals surface area contributed by atoms with Crippen LogP contribution < -0.4 is 0 Å². The molecule has 2 aromatic rings. The monoisotopic (exact) mass is 307 g/mol. The minimum Gasteiger partial charge on any atom is -0.295 e. The van der Waals surface area contributed by atoms with E-state index >= 15 is 0 Å². The van der Waals surface area contributed by atoms with Gasteiger partial charge in [-0.05, 0) is 31.8 Å². The van der Waals surface area contributed by atoms with Crippen molar-refractivity contribution in [3.63, 3.8) is 0 Å². The third-order valence-corrected chi connectivity index (χ3v) is 5.52. The van der Waals surface area contributed by atoms with E-state index in [0.717, 1.165) is 36.9 Å². The molecule has 2 aliphatic rings. The highest BCUT2D eigenvalue weighted by atomic mass is 16.1. The van der Waals surface area contributed by atoms with Crippen LogP contribution in [0.25, 0.3) is 11.3 Å². The van der Waals surface area contributed by atoms with E-state index in [4.69, 9.17) is 0 Å². The molecule has 4 rings (SSSR count). The van der Waals surface area contributed by atoms with E-state index in [0.29, 0.717) is 12.5 Å². The van der Waals surface area contributed by atoms with Crippen LogP contribution in [0.4, 0.5) is 0 Å². The number of benzene rings is 1. The Balaban J connectivity index is 1.69. The Kier molecular flexibility index (Phi) is 3.40. The minimum atomic E-state index is 0.0355. The molecular weight excluding hydrogens is 286 g/mol. The highest BCUT2D eigenvalue weighted by Crippen LogP contribution is 2.52. The maximum Gasteiger partial charge on any atom is 0.155 e. The number of hydrogen-bond acceptors (Lipinski definition) is 3. The van der Waals surface area contributed by atoms with Gasteiger partial charge in [0.25, 0.3) is 0 Å². The molecule has 0 aliphatic heterocycles. The van der Waals surface area contributed by atoms with Gasteiger partial charge in [0, 0.05) is 17.4 Å². The van der Waals surface area contributed by atoms with Crippen LogP contribution in [0.3, 0.4) is 0 Å². The predicted octanol–water partition coefficient (Wildman–Crippen LogP) is 3.97. The molecule has 1 fully saturated rings.